The lowest BCUT2D eigenvalue weighted by Crippen LogP contribution is -2.55. The zero-order valence-corrected chi connectivity index (χ0v) is 62.7. The minimum atomic E-state index is -5.19. The maximum Gasteiger partial charge on any atom is 0.295 e. The van der Waals surface area contributed by atoms with Gasteiger partial charge >= 0.3 is 0 Å². The number of hydrogen-bond donors (Lipinski definition) is 19. The second-order valence-electron chi connectivity index (χ2n) is 23.8. The fourth-order valence-electron chi connectivity index (χ4n) is 10.5. The number of anilines is 12. The van der Waals surface area contributed by atoms with Crippen molar-refractivity contribution in [3.8, 4) is 0 Å². The molecule has 0 amide bonds. The first-order valence-electron chi connectivity index (χ1n) is 32.2. The summed E-state index contributed by atoms with van der Waals surface area (Å²) in [6.07, 6.45) is 1.02. The third-order valence-corrected chi connectivity index (χ3v) is 20.6. The molecule has 0 fully saturated rings. The van der Waals surface area contributed by atoms with Crippen molar-refractivity contribution < 1.29 is 108 Å². The number of nitrogens with zero attached hydrogens (tertiary/aromatic N) is 11. The van der Waals surface area contributed by atoms with Crippen LogP contribution in [0.2, 0.25) is 0 Å². The van der Waals surface area contributed by atoms with Crippen molar-refractivity contribution >= 4 is 167 Å². The first-order valence-corrected chi connectivity index (χ1v) is 40.9. The number of rotatable bonds is 35. The second kappa shape index (κ2) is 35.7. The van der Waals surface area contributed by atoms with Gasteiger partial charge in [0.2, 0.25) is 47.6 Å². The molecule has 6 aromatic carbocycles. The molecular weight excluding hydrogens is 1590 g/mol. The van der Waals surface area contributed by atoms with Gasteiger partial charge < -0.3 is 77.7 Å². The topological polar surface area (TPSA) is 644 Å². The Balaban J connectivity index is 0.986. The summed E-state index contributed by atoms with van der Waals surface area (Å²) in [6, 6.07) is 23.2. The highest BCUT2D eigenvalue weighted by atomic mass is 32.2. The van der Waals surface area contributed by atoms with Gasteiger partial charge in [0, 0.05) is 73.4 Å². The van der Waals surface area contributed by atoms with E-state index < -0.39 is 135 Å². The first kappa shape index (κ1) is 84.6. The van der Waals surface area contributed by atoms with Gasteiger partial charge in [-0.1, -0.05) is 48.6 Å². The van der Waals surface area contributed by atoms with Crippen molar-refractivity contribution in [1.82, 2.24) is 40.1 Å². The Labute approximate surface area is 634 Å². The minimum absolute atomic E-state index is 0.0691. The molecule has 3 atom stereocenters. The summed E-state index contributed by atoms with van der Waals surface area (Å²) in [5, 5.41) is 80.0. The lowest BCUT2D eigenvalue weighted by Gasteiger charge is -2.34. The average Bonchev–Trinajstić information content (AvgIpc) is 0.801. The summed E-state index contributed by atoms with van der Waals surface area (Å²) in [7, 11) is -29.7. The SMILES string of the molecule is CC(O)CN(CC(C)O)C1N=C(Nc2ccc(/C=C/c3ccc(Nc4nc(Nc5ccc(S(=O)(=O)O)cc5)nc(N(CCO)CCO)n4)cc3S(=O)(=O)O)c(S(=O)(=O)O)c2)N=C(Nc2ccc(/C=C/c3ccc(Nc4nc(Nc5ccc(S(=O)(=O)O)cc5)nc(N(CCO)CCO)n4)cc3S(=O)(=O)O)c(S(=O)(=O)O)c2)N1. The lowest BCUT2D eigenvalue weighted by molar-refractivity contribution is 0.0545. The van der Waals surface area contributed by atoms with Gasteiger partial charge in [0.15, 0.2) is 6.29 Å². The molecular formula is C63H72N18O24S6. The molecule has 0 saturated carbocycles. The maximum absolute atomic E-state index is 13.2. The van der Waals surface area contributed by atoms with Crippen LogP contribution in [0.4, 0.5) is 69.8 Å². The molecule has 1 aliphatic heterocycles. The molecule has 8 aromatic rings. The van der Waals surface area contributed by atoms with Crippen LogP contribution in [0.15, 0.2) is 161 Å². The molecule has 1 aliphatic rings. The van der Waals surface area contributed by atoms with E-state index in [1.165, 1.54) is 101 Å². The Morgan fingerprint density at radius 2 is 0.667 bits per heavy atom. The number of aliphatic hydroxyl groups is 6. The molecule has 594 valence electrons. The fourth-order valence-corrected chi connectivity index (χ4v) is 14.3. The number of guanidine groups is 2. The Kier molecular flexibility index (Phi) is 27.2. The predicted molar refractivity (Wildman–Crippen MR) is 405 cm³/mol. The highest BCUT2D eigenvalue weighted by Gasteiger charge is 2.29. The summed E-state index contributed by atoms with van der Waals surface area (Å²) in [6.45, 7) is 0.572. The van der Waals surface area contributed by atoms with E-state index in [9.17, 15) is 108 Å². The first-order chi connectivity index (χ1) is 52.1. The van der Waals surface area contributed by atoms with E-state index in [2.05, 4.69) is 77.1 Å². The molecule has 3 heterocycles. The van der Waals surface area contributed by atoms with Gasteiger partial charge in [0.1, 0.15) is 19.6 Å². The van der Waals surface area contributed by atoms with Crippen molar-refractivity contribution in [1.29, 1.82) is 0 Å². The molecule has 2 aromatic heterocycles. The Morgan fingerprint density at radius 1 is 0.387 bits per heavy atom. The van der Waals surface area contributed by atoms with Crippen molar-refractivity contribution in [2.45, 2.75) is 61.7 Å². The summed E-state index contributed by atoms with van der Waals surface area (Å²) >= 11 is 0. The molecule has 3 unspecified atom stereocenters. The van der Waals surface area contributed by atoms with Crippen LogP contribution in [-0.2, 0) is 60.7 Å². The van der Waals surface area contributed by atoms with Crippen LogP contribution in [0.25, 0.3) is 24.3 Å². The summed E-state index contributed by atoms with van der Waals surface area (Å²) < 4.78 is 212. The van der Waals surface area contributed by atoms with E-state index in [4.69, 9.17) is 0 Å². The largest absolute Gasteiger partial charge is 0.395 e. The molecule has 0 aliphatic carbocycles. The fraction of sp³-hybridized carbons (Fsp3) is 0.238. The number of hydrogen-bond acceptors (Lipinski definition) is 36. The van der Waals surface area contributed by atoms with E-state index in [1.807, 2.05) is 0 Å². The van der Waals surface area contributed by atoms with Gasteiger partial charge in [-0.15, -0.1) is 0 Å². The minimum Gasteiger partial charge on any atom is -0.395 e. The molecule has 111 heavy (non-hydrogen) atoms. The van der Waals surface area contributed by atoms with Crippen LogP contribution in [0.1, 0.15) is 36.1 Å². The quantitative estimate of drug-likeness (QED) is 0.0200. The Morgan fingerprint density at radius 3 is 0.946 bits per heavy atom. The van der Waals surface area contributed by atoms with Crippen LogP contribution in [0.5, 0.6) is 0 Å². The molecule has 19 N–H and O–H groups in total. The van der Waals surface area contributed by atoms with Crippen molar-refractivity contribution in [3.05, 3.63) is 144 Å². The number of aliphatic imine (C=N–C) groups is 2. The monoisotopic (exact) mass is 1660 g/mol. The van der Waals surface area contributed by atoms with Crippen molar-refractivity contribution in [2.75, 3.05) is 107 Å². The molecule has 0 radical (unpaired) electrons. The van der Waals surface area contributed by atoms with Gasteiger partial charge in [0.05, 0.1) is 48.4 Å². The van der Waals surface area contributed by atoms with E-state index in [0.29, 0.717) is 0 Å². The summed E-state index contributed by atoms with van der Waals surface area (Å²) in [5.74, 6) is -1.74. The third kappa shape index (κ3) is 23.8. The van der Waals surface area contributed by atoms with E-state index in [1.54, 1.807) is 0 Å². The van der Waals surface area contributed by atoms with Crippen molar-refractivity contribution in [3.63, 3.8) is 0 Å². The summed E-state index contributed by atoms with van der Waals surface area (Å²) in [4.78, 5) is 35.2. The molecule has 0 bridgehead atoms. The van der Waals surface area contributed by atoms with Gasteiger partial charge in [-0.2, -0.15) is 85.4 Å². The van der Waals surface area contributed by atoms with Gasteiger partial charge in [-0.25, -0.2) is 4.99 Å². The normalized spacial score (nSPS) is 14.3. The lowest BCUT2D eigenvalue weighted by atomic mass is 10.1. The highest BCUT2D eigenvalue weighted by Crippen LogP contribution is 2.32. The number of nitrogens with one attached hydrogen (secondary N) is 7. The summed E-state index contributed by atoms with van der Waals surface area (Å²) in [5.41, 5.74) is -0.909. The molecule has 42 nitrogen and oxygen atoms in total. The predicted octanol–water partition coefficient (Wildman–Crippen LogP) is 2.62. The van der Waals surface area contributed by atoms with E-state index in [-0.39, 0.29) is 143 Å². The molecule has 0 saturated heterocycles. The number of aromatic nitrogens is 6. The van der Waals surface area contributed by atoms with Crippen LogP contribution >= 0.6 is 0 Å². The number of benzene rings is 6. The molecule has 9 rings (SSSR count). The maximum atomic E-state index is 13.2. The van der Waals surface area contributed by atoms with Gasteiger partial charge in [-0.05, 0) is 133 Å². The standard InChI is InChI=1S/C63H72N18O24S6/c1-37(86)35-81(36-38(2)87)63-77-59(68-47-13-9-41(53(33-47)110(100,101)102)5-3-39-7-11-45(31-51(39)108(94,95)96)66-57-70-55(73-61(75-57)79(23-27-82)24-28-83)64-43-15-19-49(20-16-43)106(88,89)90)72-60(78-63)69-48-14-10-42(54(34-48)111(103,104)105)6-4-40-8-12-46(32-52(40)109(97,98)99)67-58-71-56(74-62(76-58)80(25-29-84)26-30-85)65-44-17-21-50(22-18-44)107(91,92)93/h3-22,31-34,37-38,63,82-87H,23-30,35-36H2,1-2H3,(H,88,89,90)(H,91,92,93)(H,94,95,96)(H,97,98,99)(H,100,101,102)(H,103,104,105)(H2,64,66,70,73,75)(H2,65,67,71,74,76)(H3,68,69,72,77,78)/b5-3+,6-4+. The highest BCUT2D eigenvalue weighted by molar-refractivity contribution is 7.87. The van der Waals surface area contributed by atoms with Crippen LogP contribution < -0.4 is 47.0 Å². The Bertz CT molecular complexity index is 5580. The second-order valence-corrected chi connectivity index (χ2v) is 32.2. The molecule has 48 heteroatoms. The zero-order chi connectivity index (χ0) is 81.0. The molecule has 0 spiro atoms. The van der Waals surface area contributed by atoms with Gasteiger partial charge in [-0.3, -0.25) is 32.2 Å². The van der Waals surface area contributed by atoms with E-state index >= 15 is 0 Å². The third-order valence-electron chi connectivity index (χ3n) is 15.3. The van der Waals surface area contributed by atoms with Crippen LogP contribution in [0.3, 0.4) is 0 Å². The Hall–Kier alpha value is -10.5. The smallest absolute Gasteiger partial charge is 0.295 e. The van der Waals surface area contributed by atoms with Crippen LogP contribution in [-0.4, -0.2) is 239 Å². The van der Waals surface area contributed by atoms with Crippen LogP contribution in [0, 0.1) is 0 Å². The van der Waals surface area contributed by atoms with Gasteiger partial charge in [0.25, 0.3) is 60.7 Å². The zero-order valence-electron chi connectivity index (χ0n) is 57.8. The average molecular weight is 1660 g/mol. The van der Waals surface area contributed by atoms with E-state index in [0.717, 1.165) is 72.8 Å². The van der Waals surface area contributed by atoms with Crippen molar-refractivity contribution in [2.24, 2.45) is 9.98 Å². The number of aliphatic hydroxyl groups excluding tert-OH is 6.